The lowest BCUT2D eigenvalue weighted by Gasteiger charge is -2.26. The number of benzene rings is 2. The van der Waals surface area contributed by atoms with Gasteiger partial charge < -0.3 is 14.8 Å². The number of fused-ring (bicyclic) bond motifs is 1. The fraction of sp³-hybridized carbons (Fsp3) is 0.273. The Bertz CT molecular complexity index is 1020. The van der Waals surface area contributed by atoms with Gasteiger partial charge in [0.05, 0.1) is 19.2 Å². The molecule has 1 heterocycles. The molecule has 0 saturated heterocycles. The molecule has 2 aromatic rings. The Kier molecular flexibility index (Phi) is 6.15. The maximum absolute atomic E-state index is 12.5. The number of hydrogen-bond donors (Lipinski definition) is 1. The number of ether oxygens (including phenoxy) is 2. The lowest BCUT2D eigenvalue weighted by atomic mass is 9.98. The summed E-state index contributed by atoms with van der Waals surface area (Å²) < 4.78 is 10.3. The first-order valence-corrected chi connectivity index (χ1v) is 9.37. The first kappa shape index (κ1) is 21.0. The van der Waals surface area contributed by atoms with E-state index in [-0.39, 0.29) is 6.42 Å². The van der Waals surface area contributed by atoms with Crippen LogP contribution in [-0.4, -0.2) is 48.3 Å². The van der Waals surface area contributed by atoms with Crippen LogP contribution >= 0.6 is 0 Å². The molecule has 3 amide bonds. The SMILES string of the molecule is COc1ccc(C)cc1NC(=O)[C@H](C)OC(=O)CN1C(=O)Cc2ccccc2C1=O. The number of imide groups is 1. The molecule has 0 aromatic heterocycles. The van der Waals surface area contributed by atoms with Crippen LogP contribution in [0.4, 0.5) is 5.69 Å². The van der Waals surface area contributed by atoms with Gasteiger partial charge in [-0.25, -0.2) is 0 Å². The third-order valence-electron chi connectivity index (χ3n) is 4.71. The summed E-state index contributed by atoms with van der Waals surface area (Å²) in [5.74, 6) is -1.99. The zero-order valence-electron chi connectivity index (χ0n) is 16.9. The second-order valence-corrected chi connectivity index (χ2v) is 6.94. The van der Waals surface area contributed by atoms with Crippen LogP contribution < -0.4 is 10.1 Å². The van der Waals surface area contributed by atoms with Gasteiger partial charge in [-0.2, -0.15) is 0 Å². The predicted molar refractivity (Wildman–Crippen MR) is 108 cm³/mol. The second-order valence-electron chi connectivity index (χ2n) is 6.94. The maximum atomic E-state index is 12.5. The van der Waals surface area contributed by atoms with Crippen molar-refractivity contribution in [3.05, 3.63) is 59.2 Å². The average Bonchev–Trinajstić information content (AvgIpc) is 2.71. The maximum Gasteiger partial charge on any atom is 0.326 e. The Morgan fingerprint density at radius 2 is 1.90 bits per heavy atom. The molecule has 0 saturated carbocycles. The van der Waals surface area contributed by atoms with Gasteiger partial charge in [-0.1, -0.05) is 24.3 Å². The van der Waals surface area contributed by atoms with Crippen LogP contribution in [0.2, 0.25) is 0 Å². The third-order valence-corrected chi connectivity index (χ3v) is 4.71. The van der Waals surface area contributed by atoms with Crippen molar-refractivity contribution in [1.29, 1.82) is 0 Å². The highest BCUT2D eigenvalue weighted by Gasteiger charge is 2.33. The van der Waals surface area contributed by atoms with Gasteiger partial charge in [-0.3, -0.25) is 24.1 Å². The van der Waals surface area contributed by atoms with E-state index in [1.54, 1.807) is 36.4 Å². The number of hydrogen-bond acceptors (Lipinski definition) is 6. The Balaban J connectivity index is 1.62. The number of carbonyl (C=O) groups excluding carboxylic acids is 4. The fourth-order valence-corrected chi connectivity index (χ4v) is 3.13. The number of amides is 3. The summed E-state index contributed by atoms with van der Waals surface area (Å²) in [4.78, 5) is 50.4. The quantitative estimate of drug-likeness (QED) is 0.578. The first-order valence-electron chi connectivity index (χ1n) is 9.37. The van der Waals surface area contributed by atoms with Crippen molar-refractivity contribution >= 4 is 29.4 Å². The van der Waals surface area contributed by atoms with Gasteiger partial charge in [0.15, 0.2) is 6.10 Å². The van der Waals surface area contributed by atoms with Gasteiger partial charge in [-0.15, -0.1) is 0 Å². The van der Waals surface area contributed by atoms with E-state index in [4.69, 9.17) is 9.47 Å². The molecule has 0 fully saturated rings. The van der Waals surface area contributed by atoms with Crippen molar-refractivity contribution in [3.63, 3.8) is 0 Å². The van der Waals surface area contributed by atoms with Gasteiger partial charge in [0.2, 0.25) is 5.91 Å². The topological polar surface area (TPSA) is 102 Å². The fourth-order valence-electron chi connectivity index (χ4n) is 3.13. The Hall–Kier alpha value is -3.68. The summed E-state index contributed by atoms with van der Waals surface area (Å²) in [6.07, 6.45) is -1.11. The number of carbonyl (C=O) groups is 4. The van der Waals surface area contributed by atoms with Crippen molar-refractivity contribution in [2.75, 3.05) is 19.0 Å². The molecule has 8 nitrogen and oxygen atoms in total. The summed E-state index contributed by atoms with van der Waals surface area (Å²) in [7, 11) is 1.48. The standard InChI is InChI=1S/C22H22N2O6/c1-13-8-9-18(29-3)17(10-13)23-21(27)14(2)30-20(26)12-24-19(25)11-15-6-4-5-7-16(15)22(24)28/h4-10,14H,11-12H2,1-3H3,(H,23,27)/t14-/m0/s1. The van der Waals surface area contributed by atoms with Crippen molar-refractivity contribution < 1.29 is 28.7 Å². The monoisotopic (exact) mass is 410 g/mol. The molecule has 2 aromatic carbocycles. The lowest BCUT2D eigenvalue weighted by Crippen LogP contribution is -2.46. The summed E-state index contributed by atoms with van der Waals surface area (Å²) in [6.45, 7) is 2.71. The number of nitrogens with one attached hydrogen (secondary N) is 1. The predicted octanol–water partition coefficient (Wildman–Crippen LogP) is 2.10. The Morgan fingerprint density at radius 3 is 2.63 bits per heavy atom. The number of anilines is 1. The van der Waals surface area contributed by atoms with Crippen LogP contribution in [0.3, 0.4) is 0 Å². The van der Waals surface area contributed by atoms with Crippen LogP contribution in [0.1, 0.15) is 28.4 Å². The molecule has 30 heavy (non-hydrogen) atoms. The van der Waals surface area contributed by atoms with E-state index >= 15 is 0 Å². The molecule has 0 spiro atoms. The molecule has 1 aliphatic heterocycles. The van der Waals surface area contributed by atoms with E-state index in [0.717, 1.165) is 10.5 Å². The number of nitrogens with zero attached hydrogens (tertiary/aromatic N) is 1. The van der Waals surface area contributed by atoms with Crippen molar-refractivity contribution in [3.8, 4) is 5.75 Å². The van der Waals surface area contributed by atoms with Crippen LogP contribution in [-0.2, 0) is 25.5 Å². The molecule has 3 rings (SSSR count). The molecule has 156 valence electrons. The van der Waals surface area contributed by atoms with Gasteiger partial charge in [-0.05, 0) is 43.2 Å². The zero-order valence-corrected chi connectivity index (χ0v) is 16.9. The van der Waals surface area contributed by atoms with Crippen LogP contribution in [0.25, 0.3) is 0 Å². The van der Waals surface area contributed by atoms with Crippen molar-refractivity contribution in [2.45, 2.75) is 26.4 Å². The third kappa shape index (κ3) is 4.48. The molecule has 0 unspecified atom stereocenters. The Labute approximate surface area is 173 Å². The first-order chi connectivity index (χ1) is 14.3. The summed E-state index contributed by atoms with van der Waals surface area (Å²) >= 11 is 0. The molecule has 0 radical (unpaired) electrons. The minimum atomic E-state index is -1.13. The molecule has 8 heteroatoms. The van der Waals surface area contributed by atoms with Gasteiger partial charge in [0.25, 0.3) is 11.8 Å². The molecule has 0 aliphatic carbocycles. The van der Waals surface area contributed by atoms with E-state index in [2.05, 4.69) is 5.32 Å². The van der Waals surface area contributed by atoms with E-state index in [1.807, 2.05) is 13.0 Å². The number of aryl methyl sites for hydroxylation is 1. The highest BCUT2D eigenvalue weighted by Crippen LogP contribution is 2.25. The van der Waals surface area contributed by atoms with Gasteiger partial charge >= 0.3 is 5.97 Å². The molecular weight excluding hydrogens is 388 g/mol. The van der Waals surface area contributed by atoms with E-state index < -0.39 is 36.3 Å². The summed E-state index contributed by atoms with van der Waals surface area (Å²) in [5.41, 5.74) is 2.36. The minimum absolute atomic E-state index is 0.0262. The van der Waals surface area contributed by atoms with Crippen LogP contribution in [0.15, 0.2) is 42.5 Å². The van der Waals surface area contributed by atoms with Gasteiger partial charge in [0.1, 0.15) is 12.3 Å². The highest BCUT2D eigenvalue weighted by molar-refractivity contribution is 6.11. The highest BCUT2D eigenvalue weighted by atomic mass is 16.5. The molecular formula is C22H22N2O6. The van der Waals surface area contributed by atoms with Crippen molar-refractivity contribution in [1.82, 2.24) is 4.90 Å². The lowest BCUT2D eigenvalue weighted by molar-refractivity contribution is -0.155. The average molecular weight is 410 g/mol. The van der Waals surface area contributed by atoms with Gasteiger partial charge in [0, 0.05) is 5.56 Å². The molecule has 0 bridgehead atoms. The van der Waals surface area contributed by atoms with Crippen LogP contribution in [0.5, 0.6) is 5.75 Å². The molecule has 1 N–H and O–H groups in total. The normalized spacial score (nSPS) is 14.0. The number of esters is 1. The van der Waals surface area contributed by atoms with E-state index in [1.165, 1.54) is 14.0 Å². The van der Waals surface area contributed by atoms with Crippen molar-refractivity contribution in [2.24, 2.45) is 0 Å². The van der Waals surface area contributed by atoms with E-state index in [0.29, 0.717) is 22.6 Å². The molecule has 1 atom stereocenters. The van der Waals surface area contributed by atoms with Crippen LogP contribution in [0, 0.1) is 6.92 Å². The second kappa shape index (κ2) is 8.77. The summed E-state index contributed by atoms with van der Waals surface area (Å²) in [6, 6.07) is 12.0. The number of methoxy groups -OCH3 is 1. The molecule has 1 aliphatic rings. The zero-order chi connectivity index (χ0) is 21.8. The Morgan fingerprint density at radius 1 is 1.17 bits per heavy atom. The minimum Gasteiger partial charge on any atom is -0.495 e. The smallest absolute Gasteiger partial charge is 0.326 e. The largest absolute Gasteiger partial charge is 0.495 e. The van der Waals surface area contributed by atoms with E-state index in [9.17, 15) is 19.2 Å². The summed E-state index contributed by atoms with van der Waals surface area (Å²) in [5, 5.41) is 2.65. The number of rotatable bonds is 6.